The van der Waals surface area contributed by atoms with Crippen LogP contribution in [0.25, 0.3) is 12.2 Å². The number of anilines is 1. The summed E-state index contributed by atoms with van der Waals surface area (Å²) in [7, 11) is 0. The van der Waals surface area contributed by atoms with E-state index < -0.39 is 22.0 Å². The fourth-order valence-electron chi connectivity index (χ4n) is 2.63. The molecule has 0 radical (unpaired) electrons. The maximum absolute atomic E-state index is 12.0. The number of aromatic nitrogens is 2. The van der Waals surface area contributed by atoms with Crippen LogP contribution in [0, 0.1) is 17.0 Å². The van der Waals surface area contributed by atoms with Gasteiger partial charge in [-0.05, 0) is 48.4 Å². The van der Waals surface area contributed by atoms with Crippen LogP contribution >= 0.6 is 0 Å². The van der Waals surface area contributed by atoms with Gasteiger partial charge < -0.3 is 20.1 Å². The van der Waals surface area contributed by atoms with Gasteiger partial charge >= 0.3 is 11.2 Å². The van der Waals surface area contributed by atoms with Crippen LogP contribution in [0.5, 0.6) is 11.6 Å². The summed E-state index contributed by atoms with van der Waals surface area (Å²) in [5, 5.41) is 23.0. The van der Waals surface area contributed by atoms with Gasteiger partial charge in [0.05, 0.1) is 4.92 Å². The van der Waals surface area contributed by atoms with Crippen molar-refractivity contribution in [3.63, 3.8) is 0 Å². The third-order valence-electron chi connectivity index (χ3n) is 4.06. The first kappa shape index (κ1) is 21.2. The number of ether oxygens (including phenoxy) is 1. The van der Waals surface area contributed by atoms with E-state index in [4.69, 9.17) is 4.74 Å². The maximum atomic E-state index is 12.0. The van der Waals surface area contributed by atoms with Crippen molar-refractivity contribution in [2.24, 2.45) is 0 Å². The van der Waals surface area contributed by atoms with Crippen molar-refractivity contribution in [1.29, 1.82) is 0 Å². The lowest BCUT2D eigenvalue weighted by molar-refractivity contribution is -0.387. The van der Waals surface area contributed by atoms with Gasteiger partial charge in [0.25, 0.3) is 11.8 Å². The molecule has 3 rings (SSSR count). The Bertz CT molecular complexity index is 1200. The average Bonchev–Trinajstić information content (AvgIpc) is 2.71. The molecule has 3 N–H and O–H groups in total. The molecule has 0 bridgehead atoms. The number of nitrogens with one attached hydrogen (secondary N) is 2. The van der Waals surface area contributed by atoms with Gasteiger partial charge in [-0.25, -0.2) is 0 Å². The number of hydrogen-bond acceptors (Lipinski definition) is 7. The number of aromatic hydroxyl groups is 1. The molecule has 1 aromatic heterocycles. The van der Waals surface area contributed by atoms with Crippen LogP contribution in [0.1, 0.15) is 17.0 Å². The Kier molecular flexibility index (Phi) is 6.41. The molecule has 0 aliphatic rings. The Morgan fingerprint density at radius 1 is 1.26 bits per heavy atom. The first-order valence-electron chi connectivity index (χ1n) is 9.07. The standard InChI is InChI=1S/C21H18N4O6/c1-13-3-2-4-15(11-13)22-18(26)12-31-16-8-5-14(6-9-16)7-10-17-23-20(27)19(25(29)30)21(28)24-17/h2-11H,12H2,1H3,(H,22,26)(H2,23,24,27,28)/b10-7-. The van der Waals surface area contributed by atoms with Gasteiger partial charge in [-0.3, -0.25) is 19.7 Å². The van der Waals surface area contributed by atoms with Crippen molar-refractivity contribution in [1.82, 2.24) is 9.97 Å². The fraction of sp³-hybridized carbons (Fsp3) is 0.0952. The zero-order valence-corrected chi connectivity index (χ0v) is 16.4. The topological polar surface area (TPSA) is 147 Å². The predicted octanol–water partition coefficient (Wildman–Crippen LogP) is 2.88. The second-order valence-electron chi connectivity index (χ2n) is 6.49. The quantitative estimate of drug-likeness (QED) is 0.392. The Hall–Kier alpha value is -4.47. The van der Waals surface area contributed by atoms with E-state index in [-0.39, 0.29) is 18.3 Å². The van der Waals surface area contributed by atoms with Gasteiger partial charge in [-0.15, -0.1) is 0 Å². The average molecular weight is 422 g/mol. The number of carbonyl (C=O) groups excluding carboxylic acids is 1. The van der Waals surface area contributed by atoms with E-state index in [9.17, 15) is 24.8 Å². The zero-order chi connectivity index (χ0) is 22.4. The van der Waals surface area contributed by atoms with Crippen LogP contribution in [0.3, 0.4) is 0 Å². The minimum atomic E-state index is -1.05. The van der Waals surface area contributed by atoms with Gasteiger partial charge in [-0.1, -0.05) is 30.3 Å². The molecule has 0 saturated heterocycles. The number of rotatable bonds is 7. The minimum absolute atomic E-state index is 0.0405. The summed E-state index contributed by atoms with van der Waals surface area (Å²) in [6, 6.07) is 14.1. The summed E-state index contributed by atoms with van der Waals surface area (Å²) >= 11 is 0. The summed E-state index contributed by atoms with van der Waals surface area (Å²) in [4.78, 5) is 39.1. The highest BCUT2D eigenvalue weighted by atomic mass is 16.6. The number of aromatic amines is 1. The minimum Gasteiger partial charge on any atom is -0.488 e. The van der Waals surface area contributed by atoms with E-state index in [1.165, 1.54) is 6.08 Å². The predicted molar refractivity (Wildman–Crippen MR) is 114 cm³/mol. The summed E-state index contributed by atoms with van der Waals surface area (Å²) in [6.07, 6.45) is 2.97. The van der Waals surface area contributed by atoms with Gasteiger partial charge in [0, 0.05) is 5.69 Å². The summed E-state index contributed by atoms with van der Waals surface area (Å²) in [5.41, 5.74) is 0.371. The summed E-state index contributed by atoms with van der Waals surface area (Å²) < 4.78 is 5.46. The molecule has 0 spiro atoms. The zero-order valence-electron chi connectivity index (χ0n) is 16.4. The molecular formula is C21H18N4O6. The fourth-order valence-corrected chi connectivity index (χ4v) is 2.63. The second-order valence-corrected chi connectivity index (χ2v) is 6.49. The van der Waals surface area contributed by atoms with Crippen molar-refractivity contribution in [2.75, 3.05) is 11.9 Å². The Labute approximate surface area is 176 Å². The number of aryl methyl sites for hydroxylation is 1. The van der Waals surface area contributed by atoms with Crippen molar-refractivity contribution >= 4 is 29.4 Å². The molecule has 1 heterocycles. The van der Waals surface area contributed by atoms with Crippen molar-refractivity contribution in [2.45, 2.75) is 6.92 Å². The van der Waals surface area contributed by atoms with E-state index in [0.717, 1.165) is 5.56 Å². The molecule has 0 unspecified atom stereocenters. The van der Waals surface area contributed by atoms with E-state index in [0.29, 0.717) is 17.0 Å². The lowest BCUT2D eigenvalue weighted by Gasteiger charge is -2.08. The van der Waals surface area contributed by atoms with E-state index in [1.807, 2.05) is 25.1 Å². The monoisotopic (exact) mass is 422 g/mol. The van der Waals surface area contributed by atoms with Gasteiger partial charge in [0.2, 0.25) is 0 Å². The van der Waals surface area contributed by atoms with Crippen LogP contribution in [0.4, 0.5) is 11.4 Å². The Morgan fingerprint density at radius 3 is 2.65 bits per heavy atom. The lowest BCUT2D eigenvalue weighted by atomic mass is 10.2. The summed E-state index contributed by atoms with van der Waals surface area (Å²) in [5.74, 6) is -0.805. The molecule has 0 aliphatic heterocycles. The maximum Gasteiger partial charge on any atom is 0.395 e. The van der Waals surface area contributed by atoms with Gasteiger partial charge in [0.1, 0.15) is 11.6 Å². The highest BCUT2D eigenvalue weighted by Gasteiger charge is 2.21. The largest absolute Gasteiger partial charge is 0.488 e. The molecule has 31 heavy (non-hydrogen) atoms. The highest BCUT2D eigenvalue weighted by Crippen LogP contribution is 2.18. The van der Waals surface area contributed by atoms with Gasteiger partial charge in [-0.2, -0.15) is 4.98 Å². The van der Waals surface area contributed by atoms with Crippen LogP contribution in [-0.2, 0) is 4.79 Å². The Morgan fingerprint density at radius 2 is 2.00 bits per heavy atom. The SMILES string of the molecule is Cc1cccc(NC(=O)COc2ccc(/C=C\c3nc(O)c([N+](=O)[O-])c(=O)[nH]3)cc2)c1. The molecule has 0 atom stereocenters. The molecule has 2 aromatic carbocycles. The lowest BCUT2D eigenvalue weighted by Crippen LogP contribution is -2.20. The smallest absolute Gasteiger partial charge is 0.395 e. The van der Waals surface area contributed by atoms with Crippen LogP contribution in [0.2, 0.25) is 0 Å². The molecule has 0 saturated carbocycles. The van der Waals surface area contributed by atoms with Crippen molar-refractivity contribution in [3.8, 4) is 11.6 Å². The third-order valence-corrected chi connectivity index (χ3v) is 4.06. The second kappa shape index (κ2) is 9.35. The third kappa shape index (κ3) is 5.76. The van der Waals surface area contributed by atoms with Crippen LogP contribution < -0.4 is 15.6 Å². The summed E-state index contributed by atoms with van der Waals surface area (Å²) in [6.45, 7) is 1.77. The van der Waals surface area contributed by atoms with E-state index in [1.54, 1.807) is 36.4 Å². The number of carbonyl (C=O) groups is 1. The normalized spacial score (nSPS) is 10.7. The first-order chi connectivity index (χ1) is 14.8. The molecule has 10 heteroatoms. The van der Waals surface area contributed by atoms with Crippen molar-refractivity contribution < 1.29 is 19.6 Å². The molecule has 0 fully saturated rings. The van der Waals surface area contributed by atoms with Crippen LogP contribution in [-0.4, -0.2) is 32.5 Å². The van der Waals surface area contributed by atoms with Crippen LogP contribution in [0.15, 0.2) is 53.3 Å². The number of nitro groups is 1. The number of nitrogens with zero attached hydrogens (tertiary/aromatic N) is 2. The van der Waals surface area contributed by atoms with Crippen molar-refractivity contribution in [3.05, 3.63) is 86.0 Å². The molecule has 10 nitrogen and oxygen atoms in total. The molecule has 158 valence electrons. The van der Waals surface area contributed by atoms with Gasteiger partial charge in [0.15, 0.2) is 6.61 Å². The number of H-pyrrole nitrogens is 1. The Balaban J connectivity index is 1.58. The number of hydrogen-bond donors (Lipinski definition) is 3. The molecule has 3 aromatic rings. The number of benzene rings is 2. The van der Waals surface area contributed by atoms with E-state index in [2.05, 4.69) is 15.3 Å². The molecule has 1 amide bonds. The first-order valence-corrected chi connectivity index (χ1v) is 9.07. The highest BCUT2D eigenvalue weighted by molar-refractivity contribution is 5.91. The van der Waals surface area contributed by atoms with E-state index >= 15 is 0 Å². The number of amides is 1. The molecular weight excluding hydrogens is 404 g/mol. The molecule has 0 aliphatic carbocycles.